The molecule has 27 heavy (non-hydrogen) atoms. The van der Waals surface area contributed by atoms with Gasteiger partial charge in [0.25, 0.3) is 5.22 Å². The summed E-state index contributed by atoms with van der Waals surface area (Å²) in [5.74, 6) is 1.20. The van der Waals surface area contributed by atoms with E-state index < -0.39 is 0 Å². The third-order valence-corrected chi connectivity index (χ3v) is 4.95. The molecule has 0 aliphatic rings. The maximum absolute atomic E-state index is 12.0. The number of amides is 1. The Morgan fingerprint density at radius 1 is 1.07 bits per heavy atom. The molecule has 6 heteroatoms. The summed E-state index contributed by atoms with van der Waals surface area (Å²) in [6.45, 7) is 4.97. The molecule has 0 aliphatic carbocycles. The number of carbonyl (C=O) groups excluding carboxylic acids is 1. The van der Waals surface area contributed by atoms with Crippen molar-refractivity contribution >= 4 is 17.7 Å². The molecule has 0 unspecified atom stereocenters. The van der Waals surface area contributed by atoms with E-state index >= 15 is 0 Å². The maximum atomic E-state index is 12.0. The normalized spacial score (nSPS) is 10.9. The summed E-state index contributed by atoms with van der Waals surface area (Å²) in [4.78, 5) is 12.0. The van der Waals surface area contributed by atoms with Crippen LogP contribution in [0.5, 0.6) is 0 Å². The van der Waals surface area contributed by atoms with E-state index in [0.717, 1.165) is 12.0 Å². The highest BCUT2D eigenvalue weighted by Crippen LogP contribution is 2.22. The third kappa shape index (κ3) is 5.69. The molecule has 0 aliphatic heterocycles. The van der Waals surface area contributed by atoms with Crippen molar-refractivity contribution in [2.24, 2.45) is 0 Å². The molecule has 0 saturated carbocycles. The Kier molecular flexibility index (Phi) is 6.65. The smallest absolute Gasteiger partial charge is 0.277 e. The van der Waals surface area contributed by atoms with Crippen LogP contribution in [0.4, 0.5) is 0 Å². The largest absolute Gasteiger partial charge is 0.411 e. The Hall–Kier alpha value is -2.60. The van der Waals surface area contributed by atoms with E-state index in [2.05, 4.69) is 53.6 Å². The van der Waals surface area contributed by atoms with E-state index in [4.69, 9.17) is 4.42 Å². The van der Waals surface area contributed by atoms with E-state index in [9.17, 15) is 4.79 Å². The highest BCUT2D eigenvalue weighted by atomic mass is 32.2. The van der Waals surface area contributed by atoms with Crippen molar-refractivity contribution < 1.29 is 9.21 Å². The lowest BCUT2D eigenvalue weighted by molar-refractivity contribution is -0.118. The number of aromatic nitrogens is 2. The van der Waals surface area contributed by atoms with Crippen LogP contribution in [0.1, 0.15) is 30.9 Å². The van der Waals surface area contributed by atoms with Crippen LogP contribution < -0.4 is 5.32 Å². The first-order valence-electron chi connectivity index (χ1n) is 8.99. The van der Waals surface area contributed by atoms with Crippen LogP contribution in [-0.4, -0.2) is 28.4 Å². The second-order valence-corrected chi connectivity index (χ2v) is 7.45. The van der Waals surface area contributed by atoms with Crippen molar-refractivity contribution in [2.75, 3.05) is 12.3 Å². The van der Waals surface area contributed by atoms with Crippen LogP contribution in [0.2, 0.25) is 0 Å². The molecular formula is C21H23N3O2S. The molecule has 3 rings (SSSR count). The Morgan fingerprint density at radius 2 is 1.81 bits per heavy atom. The van der Waals surface area contributed by atoms with Crippen LogP contribution in [-0.2, 0) is 11.2 Å². The van der Waals surface area contributed by atoms with E-state index in [1.807, 2.05) is 30.3 Å². The first-order chi connectivity index (χ1) is 13.1. The van der Waals surface area contributed by atoms with Gasteiger partial charge in [0.2, 0.25) is 11.8 Å². The summed E-state index contributed by atoms with van der Waals surface area (Å²) < 4.78 is 5.59. The van der Waals surface area contributed by atoms with Gasteiger partial charge < -0.3 is 9.73 Å². The minimum atomic E-state index is -0.0433. The van der Waals surface area contributed by atoms with E-state index in [1.165, 1.54) is 22.9 Å². The third-order valence-electron chi connectivity index (χ3n) is 4.14. The number of carbonyl (C=O) groups is 1. The van der Waals surface area contributed by atoms with Gasteiger partial charge in [-0.15, -0.1) is 10.2 Å². The SMILES string of the molecule is CC(C)c1ccc(CCNC(=O)CSc2nnc(-c3ccccc3)o2)cc1. The first kappa shape index (κ1) is 19.2. The number of benzene rings is 2. The zero-order valence-corrected chi connectivity index (χ0v) is 16.3. The fourth-order valence-corrected chi connectivity index (χ4v) is 3.15. The zero-order valence-electron chi connectivity index (χ0n) is 15.5. The summed E-state index contributed by atoms with van der Waals surface area (Å²) in [5, 5.41) is 11.3. The van der Waals surface area contributed by atoms with Gasteiger partial charge in [0, 0.05) is 12.1 Å². The number of nitrogens with zero attached hydrogens (tertiary/aromatic N) is 2. The van der Waals surface area contributed by atoms with Crippen molar-refractivity contribution in [3.63, 3.8) is 0 Å². The fraction of sp³-hybridized carbons (Fsp3) is 0.286. The van der Waals surface area contributed by atoms with Crippen molar-refractivity contribution in [3.05, 3.63) is 65.7 Å². The Morgan fingerprint density at radius 3 is 2.52 bits per heavy atom. The van der Waals surface area contributed by atoms with Gasteiger partial charge >= 0.3 is 0 Å². The molecule has 1 amide bonds. The molecule has 2 aromatic carbocycles. The summed E-state index contributed by atoms with van der Waals surface area (Å²) >= 11 is 1.24. The molecule has 140 valence electrons. The predicted molar refractivity (Wildman–Crippen MR) is 108 cm³/mol. The van der Waals surface area contributed by atoms with Gasteiger partial charge in [-0.25, -0.2) is 0 Å². The molecule has 1 N–H and O–H groups in total. The van der Waals surface area contributed by atoms with Crippen molar-refractivity contribution in [1.82, 2.24) is 15.5 Å². The van der Waals surface area contributed by atoms with E-state index in [0.29, 0.717) is 23.6 Å². The van der Waals surface area contributed by atoms with Gasteiger partial charge in [-0.05, 0) is 35.6 Å². The van der Waals surface area contributed by atoms with E-state index in [-0.39, 0.29) is 11.7 Å². The topological polar surface area (TPSA) is 68.0 Å². The van der Waals surface area contributed by atoms with Crippen molar-refractivity contribution in [2.45, 2.75) is 31.4 Å². The van der Waals surface area contributed by atoms with Crippen LogP contribution in [0.15, 0.2) is 64.2 Å². The van der Waals surface area contributed by atoms with Crippen LogP contribution >= 0.6 is 11.8 Å². The van der Waals surface area contributed by atoms with E-state index in [1.54, 1.807) is 0 Å². The molecule has 0 spiro atoms. The predicted octanol–water partition coefficient (Wildman–Crippen LogP) is 4.31. The maximum Gasteiger partial charge on any atom is 0.277 e. The summed E-state index contributed by atoms with van der Waals surface area (Å²) in [7, 11) is 0. The monoisotopic (exact) mass is 381 g/mol. The molecule has 3 aromatic rings. The lowest BCUT2D eigenvalue weighted by Crippen LogP contribution is -2.27. The Balaban J connectivity index is 1.40. The Labute approximate surface area is 163 Å². The van der Waals surface area contributed by atoms with Gasteiger partial charge in [0.15, 0.2) is 0 Å². The van der Waals surface area contributed by atoms with Crippen molar-refractivity contribution in [3.8, 4) is 11.5 Å². The number of thioether (sulfide) groups is 1. The number of nitrogens with one attached hydrogen (secondary N) is 1. The van der Waals surface area contributed by atoms with Gasteiger partial charge in [-0.3, -0.25) is 4.79 Å². The molecule has 0 atom stereocenters. The van der Waals surface area contributed by atoms with Gasteiger partial charge in [-0.1, -0.05) is 68.1 Å². The number of hydrogen-bond donors (Lipinski definition) is 1. The quantitative estimate of drug-likeness (QED) is 0.589. The molecule has 5 nitrogen and oxygen atoms in total. The highest BCUT2D eigenvalue weighted by molar-refractivity contribution is 7.99. The molecule has 0 radical (unpaired) electrons. The summed E-state index contributed by atoms with van der Waals surface area (Å²) in [6.07, 6.45) is 0.813. The minimum absolute atomic E-state index is 0.0433. The zero-order chi connectivity index (χ0) is 19.1. The average molecular weight is 382 g/mol. The van der Waals surface area contributed by atoms with Crippen LogP contribution in [0.3, 0.4) is 0 Å². The molecule has 0 bridgehead atoms. The summed E-state index contributed by atoms with van der Waals surface area (Å²) in [5.41, 5.74) is 3.41. The molecule has 1 heterocycles. The summed E-state index contributed by atoms with van der Waals surface area (Å²) in [6, 6.07) is 18.1. The lowest BCUT2D eigenvalue weighted by atomic mass is 10.0. The Bertz CT molecular complexity index is 861. The average Bonchev–Trinajstić information content (AvgIpc) is 3.16. The van der Waals surface area contributed by atoms with Crippen LogP contribution in [0.25, 0.3) is 11.5 Å². The molecule has 1 aromatic heterocycles. The lowest BCUT2D eigenvalue weighted by Gasteiger charge is -2.07. The molecular weight excluding hydrogens is 358 g/mol. The molecule has 0 fully saturated rings. The first-order valence-corrected chi connectivity index (χ1v) is 9.97. The van der Waals surface area contributed by atoms with Crippen LogP contribution in [0, 0.1) is 0 Å². The van der Waals surface area contributed by atoms with Crippen molar-refractivity contribution in [1.29, 1.82) is 0 Å². The van der Waals surface area contributed by atoms with Gasteiger partial charge in [0.05, 0.1) is 5.75 Å². The highest BCUT2D eigenvalue weighted by Gasteiger charge is 2.10. The number of rotatable bonds is 8. The minimum Gasteiger partial charge on any atom is -0.411 e. The standard InChI is InChI=1S/C21H23N3O2S/c1-15(2)17-10-8-16(9-11-17)12-13-22-19(25)14-27-21-24-23-20(26-21)18-6-4-3-5-7-18/h3-11,15H,12-14H2,1-2H3,(H,22,25). The van der Waals surface area contributed by atoms with Gasteiger partial charge in [-0.2, -0.15) is 0 Å². The second kappa shape index (κ2) is 9.37. The second-order valence-electron chi connectivity index (χ2n) is 6.52. The molecule has 0 saturated heterocycles. The van der Waals surface area contributed by atoms with Gasteiger partial charge in [0.1, 0.15) is 0 Å². The fourth-order valence-electron chi connectivity index (χ4n) is 2.56. The number of hydrogen-bond acceptors (Lipinski definition) is 5.